The number of carbonyl (C=O) groups excluding carboxylic acids is 2. The molecule has 0 bridgehead atoms. The van der Waals surface area contributed by atoms with Crippen LogP contribution in [0.1, 0.15) is 45.2 Å². The highest BCUT2D eigenvalue weighted by molar-refractivity contribution is 7.98. The van der Waals surface area contributed by atoms with E-state index in [0.717, 1.165) is 10.9 Å². The van der Waals surface area contributed by atoms with Crippen molar-refractivity contribution in [3.05, 3.63) is 39.7 Å². The molecule has 1 atom stereocenters. The fourth-order valence-electron chi connectivity index (χ4n) is 2.93. The number of hydrogen-bond acceptors (Lipinski definition) is 7. The average molecular weight is 436 g/mol. The predicted molar refractivity (Wildman–Crippen MR) is 118 cm³/mol. The Labute approximate surface area is 180 Å². The number of fused-ring (bicyclic) bond motifs is 1. The van der Waals surface area contributed by atoms with Crippen LogP contribution in [0.15, 0.2) is 27.4 Å². The zero-order chi connectivity index (χ0) is 22.5. The summed E-state index contributed by atoms with van der Waals surface area (Å²) >= 11 is 1.55. The van der Waals surface area contributed by atoms with Crippen LogP contribution in [0, 0.1) is 6.92 Å². The van der Waals surface area contributed by atoms with Gasteiger partial charge in [-0.2, -0.15) is 11.8 Å². The van der Waals surface area contributed by atoms with E-state index >= 15 is 0 Å². The Bertz CT molecular complexity index is 976. The number of thioether (sulfide) groups is 1. The van der Waals surface area contributed by atoms with Gasteiger partial charge in [0.2, 0.25) is 0 Å². The number of hydrogen-bond donors (Lipinski definition) is 1. The number of ether oxygens (including phenoxy) is 2. The van der Waals surface area contributed by atoms with Crippen LogP contribution in [-0.2, 0) is 16.0 Å². The van der Waals surface area contributed by atoms with Gasteiger partial charge in [-0.3, -0.25) is 0 Å². The predicted octanol–water partition coefficient (Wildman–Crippen LogP) is 4.22. The molecule has 0 fully saturated rings. The van der Waals surface area contributed by atoms with Gasteiger partial charge < -0.3 is 19.2 Å². The summed E-state index contributed by atoms with van der Waals surface area (Å²) in [4.78, 5) is 36.8. The third-order valence-electron chi connectivity index (χ3n) is 4.37. The zero-order valence-electron chi connectivity index (χ0n) is 18.3. The average Bonchev–Trinajstić information content (AvgIpc) is 2.65. The summed E-state index contributed by atoms with van der Waals surface area (Å²) in [7, 11) is 0. The summed E-state index contributed by atoms with van der Waals surface area (Å²) in [6.07, 6.45) is 2.30. The monoisotopic (exact) mass is 435 g/mol. The van der Waals surface area contributed by atoms with Gasteiger partial charge in [0, 0.05) is 17.0 Å². The molecule has 1 aromatic heterocycles. The maximum atomic E-state index is 12.8. The lowest BCUT2D eigenvalue weighted by atomic mass is 10.0. The van der Waals surface area contributed by atoms with Gasteiger partial charge in [-0.05, 0) is 70.2 Å². The highest BCUT2D eigenvalue weighted by Gasteiger charge is 2.26. The van der Waals surface area contributed by atoms with E-state index in [9.17, 15) is 14.4 Å². The van der Waals surface area contributed by atoms with Crippen LogP contribution in [-0.4, -0.2) is 35.7 Å². The highest BCUT2D eigenvalue weighted by atomic mass is 32.2. The normalized spacial score (nSPS) is 12.5. The van der Waals surface area contributed by atoms with Crippen molar-refractivity contribution in [2.75, 3.05) is 12.0 Å². The molecule has 2 aromatic rings. The number of carbonyl (C=O) groups is 2. The minimum absolute atomic E-state index is 0.282. The molecule has 0 unspecified atom stereocenters. The van der Waals surface area contributed by atoms with Crippen LogP contribution in [0.2, 0.25) is 0 Å². The molecule has 0 saturated carbocycles. The van der Waals surface area contributed by atoms with Crippen molar-refractivity contribution in [2.24, 2.45) is 0 Å². The molecular weight excluding hydrogens is 406 g/mol. The van der Waals surface area contributed by atoms with E-state index in [4.69, 9.17) is 13.9 Å². The molecule has 8 heteroatoms. The number of aryl methyl sites for hydroxylation is 2. The molecule has 1 aromatic carbocycles. The molecule has 164 valence electrons. The number of esters is 1. The largest absolute Gasteiger partial charge is 0.444 e. The smallest absolute Gasteiger partial charge is 0.408 e. The first-order valence-electron chi connectivity index (χ1n) is 9.82. The van der Waals surface area contributed by atoms with E-state index < -0.39 is 29.3 Å². The van der Waals surface area contributed by atoms with Crippen molar-refractivity contribution in [3.63, 3.8) is 0 Å². The summed E-state index contributed by atoms with van der Waals surface area (Å²) in [6, 6.07) is 4.05. The van der Waals surface area contributed by atoms with Crippen molar-refractivity contribution in [3.8, 4) is 5.75 Å². The van der Waals surface area contributed by atoms with Crippen LogP contribution in [0.4, 0.5) is 4.79 Å². The third-order valence-corrected chi connectivity index (χ3v) is 5.02. The molecule has 0 aliphatic rings. The van der Waals surface area contributed by atoms with Gasteiger partial charge in [-0.1, -0.05) is 6.92 Å². The van der Waals surface area contributed by atoms with Crippen molar-refractivity contribution in [1.29, 1.82) is 0 Å². The topological polar surface area (TPSA) is 94.8 Å². The van der Waals surface area contributed by atoms with Gasteiger partial charge in [0.15, 0.2) is 0 Å². The molecule has 1 N–H and O–H groups in total. The standard InChI is InChI=1S/C22H29NO6S/c1-7-14-12-18(24)28-19-13(2)17(9-8-15(14)19)27-20(25)16(10-11-30-6)23-21(26)29-22(3,4)5/h8-9,12,16H,7,10-11H2,1-6H3,(H,23,26)/t16-/m0/s1. The second-order valence-electron chi connectivity index (χ2n) is 7.91. The van der Waals surface area contributed by atoms with Crippen molar-refractivity contribution in [2.45, 2.75) is 59.1 Å². The van der Waals surface area contributed by atoms with Crippen LogP contribution in [0.3, 0.4) is 0 Å². The molecule has 7 nitrogen and oxygen atoms in total. The first-order chi connectivity index (χ1) is 14.1. The number of amides is 1. The fraction of sp³-hybridized carbons (Fsp3) is 0.500. The van der Waals surface area contributed by atoms with Gasteiger partial charge in [0.25, 0.3) is 0 Å². The SMILES string of the molecule is CCc1cc(=O)oc2c(C)c(OC(=O)[C@H](CCSC)NC(=O)OC(C)(C)C)ccc12. The summed E-state index contributed by atoms with van der Waals surface area (Å²) in [5.41, 5.74) is 0.684. The van der Waals surface area contributed by atoms with Crippen molar-refractivity contribution in [1.82, 2.24) is 5.32 Å². The van der Waals surface area contributed by atoms with Crippen LogP contribution in [0.25, 0.3) is 11.0 Å². The minimum atomic E-state index is -0.864. The number of benzene rings is 1. The van der Waals surface area contributed by atoms with E-state index in [1.807, 2.05) is 13.2 Å². The fourth-order valence-corrected chi connectivity index (χ4v) is 3.40. The summed E-state index contributed by atoms with van der Waals surface area (Å²) in [5.74, 6) is 0.330. The molecule has 0 aliphatic heterocycles. The van der Waals surface area contributed by atoms with Crippen molar-refractivity contribution < 1.29 is 23.5 Å². The zero-order valence-corrected chi connectivity index (χ0v) is 19.1. The van der Waals surface area contributed by atoms with Gasteiger partial charge in [-0.15, -0.1) is 0 Å². The van der Waals surface area contributed by atoms with Gasteiger partial charge in [0.05, 0.1) is 0 Å². The molecule has 1 heterocycles. The van der Waals surface area contributed by atoms with Crippen LogP contribution < -0.4 is 15.7 Å². The van der Waals surface area contributed by atoms with Crippen molar-refractivity contribution >= 4 is 34.8 Å². The molecule has 2 rings (SSSR count). The van der Waals surface area contributed by atoms with E-state index in [1.165, 1.54) is 6.07 Å². The van der Waals surface area contributed by atoms with E-state index in [0.29, 0.717) is 29.7 Å². The highest BCUT2D eigenvalue weighted by Crippen LogP contribution is 2.29. The molecule has 30 heavy (non-hydrogen) atoms. The Morgan fingerprint density at radius 3 is 2.57 bits per heavy atom. The summed E-state index contributed by atoms with van der Waals surface area (Å²) < 4.78 is 16.2. The van der Waals surface area contributed by atoms with Crippen LogP contribution >= 0.6 is 11.8 Å². The van der Waals surface area contributed by atoms with E-state index in [-0.39, 0.29) is 5.75 Å². The van der Waals surface area contributed by atoms with Gasteiger partial charge in [-0.25, -0.2) is 14.4 Å². The van der Waals surface area contributed by atoms with Gasteiger partial charge >= 0.3 is 17.7 Å². The quantitative estimate of drug-likeness (QED) is 0.395. The maximum absolute atomic E-state index is 12.8. The Morgan fingerprint density at radius 2 is 1.97 bits per heavy atom. The van der Waals surface area contributed by atoms with Gasteiger partial charge in [0.1, 0.15) is 23.0 Å². The number of alkyl carbamates (subject to hydrolysis) is 1. The summed E-state index contributed by atoms with van der Waals surface area (Å²) in [6.45, 7) is 8.93. The Kier molecular flexibility index (Phi) is 7.95. The Balaban J connectivity index is 2.27. The third kappa shape index (κ3) is 6.26. The molecule has 1 amide bonds. The molecule has 0 saturated heterocycles. The second kappa shape index (κ2) is 10.0. The first-order valence-corrected chi connectivity index (χ1v) is 11.2. The van der Waals surface area contributed by atoms with E-state index in [2.05, 4.69) is 5.32 Å². The minimum Gasteiger partial charge on any atom is -0.444 e. The summed E-state index contributed by atoms with van der Waals surface area (Å²) in [5, 5.41) is 3.40. The lowest BCUT2D eigenvalue weighted by Crippen LogP contribution is -2.45. The maximum Gasteiger partial charge on any atom is 0.408 e. The number of nitrogens with one attached hydrogen (secondary N) is 1. The Hall–Kier alpha value is -2.48. The lowest BCUT2D eigenvalue weighted by molar-refractivity contribution is -0.136. The molecule has 0 radical (unpaired) electrons. The molecule has 0 aliphatic carbocycles. The number of rotatable bonds is 7. The van der Waals surface area contributed by atoms with Crippen LogP contribution in [0.5, 0.6) is 5.75 Å². The van der Waals surface area contributed by atoms with E-state index in [1.54, 1.807) is 51.6 Å². The second-order valence-corrected chi connectivity index (χ2v) is 8.90. The lowest BCUT2D eigenvalue weighted by Gasteiger charge is -2.23. The Morgan fingerprint density at radius 1 is 1.27 bits per heavy atom. The molecular formula is C22H29NO6S. The molecule has 0 spiro atoms. The first kappa shape index (κ1) is 23.8.